The second-order valence-electron chi connectivity index (χ2n) is 3.84. The predicted octanol–water partition coefficient (Wildman–Crippen LogP) is 3.02. The van der Waals surface area contributed by atoms with Crippen molar-refractivity contribution in [1.82, 2.24) is 0 Å². The van der Waals surface area contributed by atoms with Crippen molar-refractivity contribution in [2.24, 2.45) is 5.92 Å². The summed E-state index contributed by atoms with van der Waals surface area (Å²) in [6.07, 6.45) is 1.92. The first kappa shape index (κ1) is 11.0. The highest BCUT2D eigenvalue weighted by Crippen LogP contribution is 2.14. The van der Waals surface area contributed by atoms with E-state index in [0.29, 0.717) is 0 Å². The Hall–Kier alpha value is -1.11. The zero-order valence-corrected chi connectivity index (χ0v) is 9.21. The summed E-state index contributed by atoms with van der Waals surface area (Å²) in [5, 5.41) is 0. The molecule has 0 aliphatic rings. The van der Waals surface area contributed by atoms with Crippen molar-refractivity contribution in [3.8, 4) is 0 Å². The van der Waals surface area contributed by atoms with E-state index in [4.69, 9.17) is 0 Å². The highest BCUT2D eigenvalue weighted by atomic mass is 16.1. The summed E-state index contributed by atoms with van der Waals surface area (Å²) in [5.74, 6) is 0.415. The number of rotatable bonds is 4. The molecule has 0 N–H and O–H groups in total. The standard InChI is InChI=1S/C13H18O/c1-4-12-7-5-6-8-13(12)9-10(2)11(3)14/h5-8,10H,4,9H2,1-3H3/t10-/m0/s1. The third kappa shape index (κ3) is 2.69. The molecule has 0 radical (unpaired) electrons. The highest BCUT2D eigenvalue weighted by molar-refractivity contribution is 5.78. The third-order valence-corrected chi connectivity index (χ3v) is 2.72. The molecule has 0 fully saturated rings. The number of Topliss-reactive ketones (excluding diaryl/α,β-unsaturated/α-hetero) is 1. The van der Waals surface area contributed by atoms with E-state index in [2.05, 4.69) is 25.1 Å². The molecular formula is C13H18O. The predicted molar refractivity (Wildman–Crippen MR) is 59.4 cm³/mol. The van der Waals surface area contributed by atoms with E-state index in [-0.39, 0.29) is 11.7 Å². The molecule has 1 rings (SSSR count). The third-order valence-electron chi connectivity index (χ3n) is 2.72. The molecule has 0 saturated carbocycles. The SMILES string of the molecule is CCc1ccccc1C[C@H](C)C(C)=O. The van der Waals surface area contributed by atoms with Crippen molar-refractivity contribution in [3.05, 3.63) is 35.4 Å². The molecule has 0 spiro atoms. The van der Waals surface area contributed by atoms with Gasteiger partial charge in [-0.15, -0.1) is 0 Å². The maximum Gasteiger partial charge on any atom is 0.132 e. The summed E-state index contributed by atoms with van der Waals surface area (Å²) in [6, 6.07) is 8.36. The first-order valence-corrected chi connectivity index (χ1v) is 5.22. The van der Waals surface area contributed by atoms with E-state index in [0.717, 1.165) is 12.8 Å². The van der Waals surface area contributed by atoms with Crippen LogP contribution in [0.15, 0.2) is 24.3 Å². The zero-order chi connectivity index (χ0) is 10.6. The molecule has 1 aromatic rings. The smallest absolute Gasteiger partial charge is 0.132 e. The van der Waals surface area contributed by atoms with Crippen molar-refractivity contribution in [2.45, 2.75) is 33.6 Å². The van der Waals surface area contributed by atoms with Crippen molar-refractivity contribution >= 4 is 5.78 Å². The molecule has 76 valence electrons. The van der Waals surface area contributed by atoms with E-state index < -0.39 is 0 Å². The minimum Gasteiger partial charge on any atom is -0.300 e. The fourth-order valence-corrected chi connectivity index (χ4v) is 1.58. The van der Waals surface area contributed by atoms with E-state index in [1.54, 1.807) is 6.92 Å². The Labute approximate surface area is 86.1 Å². The van der Waals surface area contributed by atoms with Crippen molar-refractivity contribution in [1.29, 1.82) is 0 Å². The average molecular weight is 190 g/mol. The second-order valence-corrected chi connectivity index (χ2v) is 3.84. The monoisotopic (exact) mass is 190 g/mol. The molecule has 0 heterocycles. The first-order valence-electron chi connectivity index (χ1n) is 5.22. The zero-order valence-electron chi connectivity index (χ0n) is 9.21. The summed E-state index contributed by atoms with van der Waals surface area (Å²) >= 11 is 0. The summed E-state index contributed by atoms with van der Waals surface area (Å²) in [7, 11) is 0. The van der Waals surface area contributed by atoms with Crippen LogP contribution in [0, 0.1) is 5.92 Å². The fourth-order valence-electron chi connectivity index (χ4n) is 1.58. The van der Waals surface area contributed by atoms with Crippen LogP contribution >= 0.6 is 0 Å². The van der Waals surface area contributed by atoms with E-state index >= 15 is 0 Å². The van der Waals surface area contributed by atoms with Gasteiger partial charge in [0.25, 0.3) is 0 Å². The van der Waals surface area contributed by atoms with E-state index in [1.165, 1.54) is 11.1 Å². The van der Waals surface area contributed by atoms with Gasteiger partial charge in [-0.2, -0.15) is 0 Å². The number of hydrogen-bond acceptors (Lipinski definition) is 1. The van der Waals surface area contributed by atoms with Crippen LogP contribution in [0.3, 0.4) is 0 Å². The second kappa shape index (κ2) is 4.94. The molecule has 0 unspecified atom stereocenters. The molecule has 1 heteroatoms. The van der Waals surface area contributed by atoms with Gasteiger partial charge in [0, 0.05) is 5.92 Å². The Morgan fingerprint density at radius 1 is 1.29 bits per heavy atom. The first-order chi connectivity index (χ1) is 6.65. The topological polar surface area (TPSA) is 17.1 Å². The Bertz CT molecular complexity index is 315. The average Bonchev–Trinajstić information content (AvgIpc) is 2.18. The van der Waals surface area contributed by atoms with Crippen LogP contribution in [-0.4, -0.2) is 5.78 Å². The molecule has 0 bridgehead atoms. The minimum absolute atomic E-state index is 0.141. The fraction of sp³-hybridized carbons (Fsp3) is 0.462. The number of carbonyl (C=O) groups is 1. The van der Waals surface area contributed by atoms with Crippen LogP contribution in [0.4, 0.5) is 0 Å². The van der Waals surface area contributed by atoms with Crippen LogP contribution in [0.25, 0.3) is 0 Å². The van der Waals surface area contributed by atoms with Gasteiger partial charge in [0.15, 0.2) is 0 Å². The molecule has 0 aromatic heterocycles. The van der Waals surface area contributed by atoms with Gasteiger partial charge in [-0.25, -0.2) is 0 Å². The number of hydrogen-bond donors (Lipinski definition) is 0. The maximum absolute atomic E-state index is 11.1. The number of benzene rings is 1. The largest absolute Gasteiger partial charge is 0.300 e. The van der Waals surface area contributed by atoms with Crippen LogP contribution in [0.1, 0.15) is 31.9 Å². The van der Waals surface area contributed by atoms with Gasteiger partial charge < -0.3 is 0 Å². The van der Waals surface area contributed by atoms with Crippen molar-refractivity contribution in [2.75, 3.05) is 0 Å². The summed E-state index contributed by atoms with van der Waals surface area (Å²) < 4.78 is 0. The Kier molecular flexibility index (Phi) is 3.87. The molecule has 0 aliphatic heterocycles. The Morgan fingerprint density at radius 2 is 1.86 bits per heavy atom. The summed E-state index contributed by atoms with van der Waals surface area (Å²) in [4.78, 5) is 11.1. The van der Waals surface area contributed by atoms with Gasteiger partial charge in [0.1, 0.15) is 5.78 Å². The number of aryl methyl sites for hydroxylation is 1. The quantitative estimate of drug-likeness (QED) is 0.713. The Balaban J connectivity index is 2.80. The highest BCUT2D eigenvalue weighted by Gasteiger charge is 2.10. The van der Waals surface area contributed by atoms with Crippen LogP contribution in [0.5, 0.6) is 0 Å². The molecule has 14 heavy (non-hydrogen) atoms. The van der Waals surface area contributed by atoms with Gasteiger partial charge >= 0.3 is 0 Å². The van der Waals surface area contributed by atoms with Gasteiger partial charge in [0.05, 0.1) is 0 Å². The number of carbonyl (C=O) groups excluding carboxylic acids is 1. The molecule has 0 amide bonds. The van der Waals surface area contributed by atoms with Crippen LogP contribution < -0.4 is 0 Å². The lowest BCUT2D eigenvalue weighted by Gasteiger charge is -2.11. The molecule has 0 saturated heterocycles. The molecule has 1 aromatic carbocycles. The summed E-state index contributed by atoms with van der Waals surface area (Å²) in [5.41, 5.74) is 2.68. The molecule has 1 nitrogen and oxygen atoms in total. The lowest BCUT2D eigenvalue weighted by Crippen LogP contribution is -2.10. The molecule has 1 atom stereocenters. The van der Waals surface area contributed by atoms with E-state index in [1.807, 2.05) is 13.0 Å². The van der Waals surface area contributed by atoms with Crippen molar-refractivity contribution < 1.29 is 4.79 Å². The lowest BCUT2D eigenvalue weighted by molar-refractivity contribution is -0.120. The normalized spacial score (nSPS) is 12.5. The van der Waals surface area contributed by atoms with Crippen LogP contribution in [-0.2, 0) is 17.6 Å². The van der Waals surface area contributed by atoms with Gasteiger partial charge in [0.2, 0.25) is 0 Å². The number of ketones is 1. The van der Waals surface area contributed by atoms with Crippen LogP contribution in [0.2, 0.25) is 0 Å². The van der Waals surface area contributed by atoms with Crippen molar-refractivity contribution in [3.63, 3.8) is 0 Å². The summed E-state index contributed by atoms with van der Waals surface area (Å²) in [6.45, 7) is 5.81. The van der Waals surface area contributed by atoms with Gasteiger partial charge in [-0.05, 0) is 30.9 Å². The lowest BCUT2D eigenvalue weighted by atomic mass is 9.94. The minimum atomic E-state index is 0.141. The maximum atomic E-state index is 11.1. The molecular weight excluding hydrogens is 172 g/mol. The van der Waals surface area contributed by atoms with E-state index in [9.17, 15) is 4.79 Å². The Morgan fingerprint density at radius 3 is 2.36 bits per heavy atom. The molecule has 0 aliphatic carbocycles. The van der Waals surface area contributed by atoms with Gasteiger partial charge in [-0.1, -0.05) is 38.1 Å². The van der Waals surface area contributed by atoms with Gasteiger partial charge in [-0.3, -0.25) is 4.79 Å².